The van der Waals surface area contributed by atoms with Crippen LogP contribution in [-0.4, -0.2) is 69.9 Å². The van der Waals surface area contributed by atoms with Crippen molar-refractivity contribution in [3.63, 3.8) is 0 Å². The molecule has 1 aromatic rings. The lowest BCUT2D eigenvalue weighted by atomic mass is 10.1. The molecule has 30 heavy (non-hydrogen) atoms. The van der Waals surface area contributed by atoms with E-state index in [0.717, 1.165) is 51.7 Å². The fourth-order valence-corrected chi connectivity index (χ4v) is 5.78. The molecule has 1 N–H and O–H groups in total. The van der Waals surface area contributed by atoms with Gasteiger partial charge in [-0.15, -0.1) is 0 Å². The highest BCUT2D eigenvalue weighted by molar-refractivity contribution is 7.89. The molecule has 1 aromatic carbocycles. The number of amides is 1. The highest BCUT2D eigenvalue weighted by atomic mass is 32.2. The van der Waals surface area contributed by atoms with Gasteiger partial charge in [-0.2, -0.15) is 4.31 Å². The van der Waals surface area contributed by atoms with Gasteiger partial charge in [-0.25, -0.2) is 8.42 Å². The average molecular weight is 438 g/mol. The maximum atomic E-state index is 13.1. The van der Waals surface area contributed by atoms with Gasteiger partial charge in [0, 0.05) is 19.6 Å². The van der Waals surface area contributed by atoms with Gasteiger partial charge >= 0.3 is 0 Å². The van der Waals surface area contributed by atoms with Gasteiger partial charge in [0.15, 0.2) is 0 Å². The van der Waals surface area contributed by atoms with Crippen LogP contribution in [0.1, 0.15) is 61.7 Å². The minimum absolute atomic E-state index is 0.156. The number of nitrogens with one attached hydrogen (secondary N) is 1. The van der Waals surface area contributed by atoms with Crippen molar-refractivity contribution in [2.75, 3.05) is 46.4 Å². The second kappa shape index (κ2) is 11.1. The third-order valence-electron chi connectivity index (χ3n) is 6.00. The number of nitrogens with zero attached hydrogens (tertiary/aromatic N) is 2. The number of benzene rings is 1. The molecule has 2 aliphatic heterocycles. The molecule has 0 spiro atoms. The summed E-state index contributed by atoms with van der Waals surface area (Å²) in [6.07, 6.45) is 8.55. The van der Waals surface area contributed by atoms with Crippen LogP contribution in [0.25, 0.3) is 0 Å². The molecule has 8 heteroatoms. The van der Waals surface area contributed by atoms with Gasteiger partial charge in [-0.1, -0.05) is 19.3 Å². The Labute approximate surface area is 180 Å². The molecular formula is C22H35N3O4S. The van der Waals surface area contributed by atoms with Crippen LogP contribution in [0.15, 0.2) is 23.1 Å². The van der Waals surface area contributed by atoms with Crippen molar-refractivity contribution in [3.8, 4) is 5.75 Å². The van der Waals surface area contributed by atoms with Crippen LogP contribution in [-0.2, 0) is 10.0 Å². The lowest BCUT2D eigenvalue weighted by molar-refractivity contribution is 0.0948. The third-order valence-corrected chi connectivity index (χ3v) is 7.90. The van der Waals surface area contributed by atoms with E-state index in [1.807, 2.05) is 0 Å². The van der Waals surface area contributed by atoms with Gasteiger partial charge in [-0.05, 0) is 69.9 Å². The first-order chi connectivity index (χ1) is 14.5. The molecule has 0 atom stereocenters. The van der Waals surface area contributed by atoms with Crippen molar-refractivity contribution >= 4 is 15.9 Å². The summed E-state index contributed by atoms with van der Waals surface area (Å²) in [5, 5.41) is 2.93. The topological polar surface area (TPSA) is 79.0 Å². The van der Waals surface area contributed by atoms with E-state index in [1.165, 1.54) is 38.5 Å². The zero-order valence-corrected chi connectivity index (χ0v) is 18.9. The van der Waals surface area contributed by atoms with Crippen LogP contribution in [0.5, 0.6) is 5.75 Å². The fourth-order valence-electron chi connectivity index (χ4n) is 4.24. The molecule has 168 valence electrons. The van der Waals surface area contributed by atoms with Crippen LogP contribution in [0.2, 0.25) is 0 Å². The maximum Gasteiger partial charge on any atom is 0.255 e. The first-order valence-corrected chi connectivity index (χ1v) is 12.6. The lowest BCUT2D eigenvalue weighted by Gasteiger charge is -2.26. The van der Waals surface area contributed by atoms with Crippen molar-refractivity contribution in [1.82, 2.24) is 14.5 Å². The summed E-state index contributed by atoms with van der Waals surface area (Å²) in [4.78, 5) is 15.4. The number of piperidine rings is 1. The van der Waals surface area contributed by atoms with E-state index in [4.69, 9.17) is 4.74 Å². The van der Waals surface area contributed by atoms with E-state index in [-0.39, 0.29) is 16.4 Å². The number of ether oxygens (including phenoxy) is 1. The predicted molar refractivity (Wildman–Crippen MR) is 117 cm³/mol. The Kier molecular flexibility index (Phi) is 8.53. The first kappa shape index (κ1) is 23.0. The first-order valence-electron chi connectivity index (χ1n) is 11.2. The molecule has 2 saturated heterocycles. The van der Waals surface area contributed by atoms with Crippen molar-refractivity contribution in [1.29, 1.82) is 0 Å². The number of rotatable bonds is 8. The van der Waals surface area contributed by atoms with E-state index in [0.29, 0.717) is 25.4 Å². The largest absolute Gasteiger partial charge is 0.496 e. The molecule has 0 saturated carbocycles. The average Bonchev–Trinajstić information content (AvgIpc) is 3.07. The summed E-state index contributed by atoms with van der Waals surface area (Å²) in [6.45, 7) is 4.87. The molecule has 2 heterocycles. The minimum Gasteiger partial charge on any atom is -0.496 e. The maximum absolute atomic E-state index is 13.1. The molecule has 2 fully saturated rings. The Bertz CT molecular complexity index is 799. The van der Waals surface area contributed by atoms with Gasteiger partial charge < -0.3 is 15.0 Å². The highest BCUT2D eigenvalue weighted by Gasteiger charge is 2.27. The Hall–Kier alpha value is -1.64. The molecule has 1 amide bonds. The highest BCUT2D eigenvalue weighted by Crippen LogP contribution is 2.26. The van der Waals surface area contributed by atoms with E-state index in [9.17, 15) is 13.2 Å². The second-order valence-electron chi connectivity index (χ2n) is 8.19. The smallest absolute Gasteiger partial charge is 0.255 e. The van der Waals surface area contributed by atoms with E-state index < -0.39 is 10.0 Å². The standard InChI is InChI=1S/C22H35N3O4S/c1-29-21-11-10-19(30(27,28)25-16-7-2-3-8-17-25)18-20(21)22(26)23-12-9-15-24-13-5-4-6-14-24/h10-11,18H,2-9,12-17H2,1H3,(H,23,26). The number of carbonyl (C=O) groups is 1. The second-order valence-corrected chi connectivity index (χ2v) is 10.1. The van der Waals surface area contributed by atoms with Crippen molar-refractivity contribution < 1.29 is 17.9 Å². The number of likely N-dealkylation sites (tertiary alicyclic amines) is 1. The van der Waals surface area contributed by atoms with Crippen LogP contribution < -0.4 is 10.1 Å². The Balaban J connectivity index is 1.65. The molecule has 0 aliphatic carbocycles. The predicted octanol–water partition coefficient (Wildman–Crippen LogP) is 2.87. The van der Waals surface area contributed by atoms with Crippen LogP contribution in [0, 0.1) is 0 Å². The molecule has 3 rings (SSSR count). The van der Waals surface area contributed by atoms with Gasteiger partial charge in [-0.3, -0.25) is 4.79 Å². The summed E-state index contributed by atoms with van der Waals surface area (Å²) < 4.78 is 33.1. The van der Waals surface area contributed by atoms with Crippen LogP contribution in [0.3, 0.4) is 0 Å². The van der Waals surface area contributed by atoms with Crippen LogP contribution in [0.4, 0.5) is 0 Å². The van der Waals surface area contributed by atoms with E-state index in [1.54, 1.807) is 10.4 Å². The summed E-state index contributed by atoms with van der Waals surface area (Å²) in [7, 11) is -2.12. The van der Waals surface area contributed by atoms with Crippen molar-refractivity contribution in [3.05, 3.63) is 23.8 Å². The SMILES string of the molecule is COc1ccc(S(=O)(=O)N2CCCCCC2)cc1C(=O)NCCCN1CCCCC1. The number of carbonyl (C=O) groups excluding carboxylic acids is 1. The molecule has 0 radical (unpaired) electrons. The van der Waals surface area contributed by atoms with E-state index >= 15 is 0 Å². The van der Waals surface area contributed by atoms with Crippen molar-refractivity contribution in [2.24, 2.45) is 0 Å². The van der Waals surface area contributed by atoms with E-state index in [2.05, 4.69) is 10.2 Å². The molecule has 0 bridgehead atoms. The van der Waals surface area contributed by atoms with Gasteiger partial charge in [0.05, 0.1) is 17.6 Å². The van der Waals surface area contributed by atoms with Crippen LogP contribution >= 0.6 is 0 Å². The summed E-state index contributed by atoms with van der Waals surface area (Å²) >= 11 is 0. The van der Waals surface area contributed by atoms with Gasteiger partial charge in [0.25, 0.3) is 5.91 Å². The summed E-state index contributed by atoms with van der Waals surface area (Å²) in [6, 6.07) is 4.57. The monoisotopic (exact) mass is 437 g/mol. The van der Waals surface area contributed by atoms with Crippen molar-refractivity contribution in [2.45, 2.75) is 56.3 Å². The van der Waals surface area contributed by atoms with Gasteiger partial charge in [0.1, 0.15) is 5.75 Å². The Morgan fingerprint density at radius 1 is 1.00 bits per heavy atom. The number of hydrogen-bond acceptors (Lipinski definition) is 5. The zero-order valence-electron chi connectivity index (χ0n) is 18.1. The normalized spacial score (nSPS) is 19.2. The number of hydrogen-bond donors (Lipinski definition) is 1. The minimum atomic E-state index is -3.61. The summed E-state index contributed by atoms with van der Waals surface area (Å²) in [5.41, 5.74) is 0.270. The molecule has 0 aromatic heterocycles. The molecule has 7 nitrogen and oxygen atoms in total. The Morgan fingerprint density at radius 2 is 1.63 bits per heavy atom. The zero-order chi connectivity index (χ0) is 21.4. The molecule has 2 aliphatic rings. The van der Waals surface area contributed by atoms with Gasteiger partial charge in [0.2, 0.25) is 10.0 Å². The lowest BCUT2D eigenvalue weighted by Crippen LogP contribution is -2.34. The number of sulfonamides is 1. The quantitative estimate of drug-likeness (QED) is 0.633. The number of methoxy groups -OCH3 is 1. The third kappa shape index (κ3) is 5.95. The molecule has 0 unspecified atom stereocenters. The fraction of sp³-hybridized carbons (Fsp3) is 0.682. The molecular weight excluding hydrogens is 402 g/mol. The Morgan fingerprint density at radius 3 is 2.30 bits per heavy atom. The summed E-state index contributed by atoms with van der Waals surface area (Å²) in [5.74, 6) is 0.0942.